The molecule has 1 rings (SSSR count). The molecule has 0 aliphatic rings. The van der Waals surface area contributed by atoms with Gasteiger partial charge in [-0.25, -0.2) is 4.79 Å². The van der Waals surface area contributed by atoms with Crippen LogP contribution in [0.4, 0.5) is 0 Å². The third-order valence-electron chi connectivity index (χ3n) is 2.11. The maximum Gasteiger partial charge on any atom is 0.339 e. The van der Waals surface area contributed by atoms with E-state index in [0.29, 0.717) is 12.0 Å². The van der Waals surface area contributed by atoms with Crippen LogP contribution in [-0.2, 0) is 9.53 Å². The van der Waals surface area contributed by atoms with E-state index in [0.717, 1.165) is 11.8 Å². The zero-order valence-corrected chi connectivity index (χ0v) is 11.0. The van der Waals surface area contributed by atoms with Gasteiger partial charge >= 0.3 is 5.97 Å². The number of esters is 1. The minimum absolute atomic E-state index is 0.336. The molecule has 18 heavy (non-hydrogen) atoms. The Morgan fingerprint density at radius 1 is 1.28 bits per heavy atom. The number of rotatable bonds is 4. The summed E-state index contributed by atoms with van der Waals surface area (Å²) < 4.78 is 5.33. The Labute approximate surface area is 107 Å². The van der Waals surface area contributed by atoms with Gasteiger partial charge in [-0.15, -0.1) is 0 Å². The molecule has 0 heterocycles. The molecule has 0 radical (unpaired) electrons. The normalized spacial score (nSPS) is 11.5. The van der Waals surface area contributed by atoms with Crippen LogP contribution in [-0.4, -0.2) is 17.9 Å². The van der Waals surface area contributed by atoms with Gasteiger partial charge in [-0.1, -0.05) is 30.4 Å². The van der Waals surface area contributed by atoms with Crippen LogP contribution >= 0.6 is 0 Å². The average molecular weight is 246 g/mol. The van der Waals surface area contributed by atoms with Crippen molar-refractivity contribution < 1.29 is 14.3 Å². The first-order valence-corrected chi connectivity index (χ1v) is 5.86. The molecule has 0 amide bonds. The number of carbonyl (C=O) groups excluding carboxylic acids is 2. The van der Waals surface area contributed by atoms with Crippen LogP contribution in [0, 0.1) is 0 Å². The topological polar surface area (TPSA) is 43.4 Å². The van der Waals surface area contributed by atoms with Crippen molar-refractivity contribution >= 4 is 18.3 Å². The molecule has 0 aliphatic carbocycles. The van der Waals surface area contributed by atoms with Gasteiger partial charge in [0, 0.05) is 6.42 Å². The summed E-state index contributed by atoms with van der Waals surface area (Å²) >= 11 is 0. The van der Waals surface area contributed by atoms with Gasteiger partial charge in [0.2, 0.25) is 0 Å². The molecule has 96 valence electrons. The van der Waals surface area contributed by atoms with Crippen LogP contribution in [0.3, 0.4) is 0 Å². The summed E-state index contributed by atoms with van der Waals surface area (Å²) in [7, 11) is 0. The zero-order chi connectivity index (χ0) is 13.6. The van der Waals surface area contributed by atoms with E-state index >= 15 is 0 Å². The number of hydrogen-bond donors (Lipinski definition) is 0. The molecule has 0 aliphatic heterocycles. The molecule has 0 aromatic heterocycles. The number of ether oxygens (including phenoxy) is 1. The molecule has 0 saturated heterocycles. The molecule has 0 saturated carbocycles. The van der Waals surface area contributed by atoms with Gasteiger partial charge < -0.3 is 9.53 Å². The zero-order valence-electron chi connectivity index (χ0n) is 11.0. The van der Waals surface area contributed by atoms with E-state index in [1.54, 1.807) is 24.3 Å². The summed E-state index contributed by atoms with van der Waals surface area (Å²) in [6, 6.07) is 7.17. The summed E-state index contributed by atoms with van der Waals surface area (Å²) in [6.07, 6.45) is 4.62. The minimum atomic E-state index is -0.517. The highest BCUT2D eigenvalue weighted by molar-refractivity contribution is 5.93. The highest BCUT2D eigenvalue weighted by Gasteiger charge is 2.19. The number of allylic oxidation sites excluding steroid dienone is 1. The van der Waals surface area contributed by atoms with Crippen LogP contribution in [0.15, 0.2) is 30.3 Å². The Balaban J connectivity index is 2.94. The fraction of sp³-hybridized carbons (Fsp3) is 0.333. The largest absolute Gasteiger partial charge is 0.456 e. The lowest BCUT2D eigenvalue weighted by Gasteiger charge is -2.20. The van der Waals surface area contributed by atoms with E-state index in [-0.39, 0.29) is 5.97 Å². The van der Waals surface area contributed by atoms with E-state index in [2.05, 4.69) is 0 Å². The van der Waals surface area contributed by atoms with Crippen molar-refractivity contribution in [3.05, 3.63) is 41.5 Å². The van der Waals surface area contributed by atoms with Crippen LogP contribution in [0.1, 0.15) is 43.1 Å². The second-order valence-corrected chi connectivity index (χ2v) is 4.89. The molecule has 0 bridgehead atoms. The lowest BCUT2D eigenvalue weighted by Crippen LogP contribution is -2.24. The van der Waals surface area contributed by atoms with E-state index in [4.69, 9.17) is 4.74 Å². The molecule has 1 aromatic carbocycles. The molecular formula is C15H18O3. The molecule has 0 atom stereocenters. The van der Waals surface area contributed by atoms with Crippen LogP contribution in [0.5, 0.6) is 0 Å². The van der Waals surface area contributed by atoms with Crippen molar-refractivity contribution in [1.29, 1.82) is 0 Å². The third-order valence-corrected chi connectivity index (χ3v) is 2.11. The first kappa shape index (κ1) is 14.2. The summed E-state index contributed by atoms with van der Waals surface area (Å²) in [5.41, 5.74) is 0.750. The van der Waals surface area contributed by atoms with Crippen molar-refractivity contribution in [1.82, 2.24) is 0 Å². The lowest BCUT2D eigenvalue weighted by molar-refractivity contribution is -0.107. The van der Waals surface area contributed by atoms with Crippen molar-refractivity contribution in [2.75, 3.05) is 0 Å². The standard InChI is InChI=1S/C15H18O3/c1-15(2,3)18-14(17)13-10-5-4-8-12(13)9-6-7-11-16/h4-6,8-11H,7H2,1-3H3. The summed E-state index contributed by atoms with van der Waals surface area (Å²) in [5, 5.41) is 0. The van der Waals surface area contributed by atoms with Crippen molar-refractivity contribution in [2.45, 2.75) is 32.8 Å². The first-order chi connectivity index (χ1) is 8.44. The SMILES string of the molecule is CC(C)(C)OC(=O)c1ccccc1C=CCC=O. The van der Waals surface area contributed by atoms with Gasteiger partial charge in [0.05, 0.1) is 5.56 Å². The molecular weight excluding hydrogens is 228 g/mol. The second-order valence-electron chi connectivity index (χ2n) is 4.89. The number of aldehydes is 1. The average Bonchev–Trinajstić information content (AvgIpc) is 2.27. The Bertz CT molecular complexity index is 453. The summed E-state index contributed by atoms with van der Waals surface area (Å²) in [4.78, 5) is 22.2. The quantitative estimate of drug-likeness (QED) is 0.605. The molecule has 0 unspecified atom stereocenters. The van der Waals surface area contributed by atoms with Gasteiger partial charge in [0.15, 0.2) is 0 Å². The van der Waals surface area contributed by atoms with Crippen molar-refractivity contribution in [2.24, 2.45) is 0 Å². The van der Waals surface area contributed by atoms with Gasteiger partial charge in [0.1, 0.15) is 11.9 Å². The first-order valence-electron chi connectivity index (χ1n) is 5.86. The Kier molecular flexibility index (Phi) is 4.84. The predicted molar refractivity (Wildman–Crippen MR) is 71.3 cm³/mol. The molecule has 3 nitrogen and oxygen atoms in total. The maximum atomic E-state index is 12.0. The van der Waals surface area contributed by atoms with Gasteiger partial charge in [-0.05, 0) is 32.4 Å². The summed E-state index contributed by atoms with van der Waals surface area (Å²) in [5.74, 6) is -0.353. The highest BCUT2D eigenvalue weighted by atomic mass is 16.6. The molecule has 3 heteroatoms. The lowest BCUT2D eigenvalue weighted by atomic mass is 10.1. The minimum Gasteiger partial charge on any atom is -0.456 e. The van der Waals surface area contributed by atoms with Crippen molar-refractivity contribution in [3.63, 3.8) is 0 Å². The number of hydrogen-bond acceptors (Lipinski definition) is 3. The Hall–Kier alpha value is -1.90. The number of carbonyl (C=O) groups is 2. The fourth-order valence-electron chi connectivity index (χ4n) is 1.41. The van der Waals surface area contributed by atoms with Crippen LogP contribution in [0.25, 0.3) is 6.08 Å². The van der Waals surface area contributed by atoms with Gasteiger partial charge in [0.25, 0.3) is 0 Å². The van der Waals surface area contributed by atoms with Gasteiger partial charge in [-0.2, -0.15) is 0 Å². The van der Waals surface area contributed by atoms with Gasteiger partial charge in [-0.3, -0.25) is 0 Å². The molecule has 1 aromatic rings. The monoisotopic (exact) mass is 246 g/mol. The molecule has 0 spiro atoms. The maximum absolute atomic E-state index is 12.0. The van der Waals surface area contributed by atoms with Crippen LogP contribution in [0.2, 0.25) is 0 Å². The van der Waals surface area contributed by atoms with E-state index in [1.807, 2.05) is 32.9 Å². The number of benzene rings is 1. The Morgan fingerprint density at radius 3 is 2.56 bits per heavy atom. The molecule has 0 N–H and O–H groups in total. The Morgan fingerprint density at radius 2 is 1.94 bits per heavy atom. The fourth-order valence-corrected chi connectivity index (χ4v) is 1.41. The second kappa shape index (κ2) is 6.15. The predicted octanol–water partition coefficient (Wildman–Crippen LogP) is 3.24. The summed E-state index contributed by atoms with van der Waals surface area (Å²) in [6.45, 7) is 5.49. The van der Waals surface area contributed by atoms with E-state index < -0.39 is 5.60 Å². The highest BCUT2D eigenvalue weighted by Crippen LogP contribution is 2.16. The smallest absolute Gasteiger partial charge is 0.339 e. The molecule has 0 fully saturated rings. The van der Waals surface area contributed by atoms with Crippen molar-refractivity contribution in [3.8, 4) is 0 Å². The van der Waals surface area contributed by atoms with Crippen LogP contribution < -0.4 is 0 Å². The third kappa shape index (κ3) is 4.53. The van der Waals surface area contributed by atoms with E-state index in [1.165, 1.54) is 0 Å². The van der Waals surface area contributed by atoms with E-state index in [9.17, 15) is 9.59 Å².